The smallest absolute Gasteiger partial charge is 0.253 e. The quantitative estimate of drug-likeness (QED) is 0.837. The van der Waals surface area contributed by atoms with Crippen LogP contribution in [-0.2, 0) is 4.74 Å². The highest BCUT2D eigenvalue weighted by Gasteiger charge is 2.23. The summed E-state index contributed by atoms with van der Waals surface area (Å²) in [5, 5.41) is 0.621. The average molecular weight is 347 g/mol. The largest absolute Gasteiger partial charge is 0.384 e. The predicted molar refractivity (Wildman–Crippen MR) is 79.7 cm³/mol. The van der Waals surface area contributed by atoms with Gasteiger partial charge in [0.05, 0.1) is 5.02 Å². The van der Waals surface area contributed by atoms with Crippen molar-refractivity contribution in [3.8, 4) is 0 Å². The highest BCUT2D eigenvalue weighted by molar-refractivity contribution is 9.10. The first kappa shape index (κ1) is 14.8. The molecule has 1 aliphatic heterocycles. The van der Waals surface area contributed by atoms with Crippen molar-refractivity contribution < 1.29 is 9.53 Å². The molecule has 1 saturated heterocycles. The molecule has 0 radical (unpaired) electrons. The van der Waals surface area contributed by atoms with E-state index < -0.39 is 0 Å². The fourth-order valence-electron chi connectivity index (χ4n) is 2.35. The normalized spacial score (nSPS) is 16.7. The molecule has 2 rings (SSSR count). The van der Waals surface area contributed by atoms with Gasteiger partial charge in [0.25, 0.3) is 5.91 Å². The third-order valence-electron chi connectivity index (χ3n) is 3.47. The summed E-state index contributed by atoms with van der Waals surface area (Å²) in [6.07, 6.45) is 2.02. The lowest BCUT2D eigenvalue weighted by atomic mass is 9.97. The first-order valence-corrected chi connectivity index (χ1v) is 7.52. The Hall–Kier alpha value is -0.580. The molecule has 3 nitrogen and oxygen atoms in total. The number of halogens is 2. The van der Waals surface area contributed by atoms with Crippen LogP contribution >= 0.6 is 27.5 Å². The van der Waals surface area contributed by atoms with Crippen molar-refractivity contribution in [2.45, 2.75) is 12.8 Å². The van der Waals surface area contributed by atoms with Gasteiger partial charge in [0.1, 0.15) is 0 Å². The number of benzene rings is 1. The van der Waals surface area contributed by atoms with Crippen LogP contribution in [0, 0.1) is 5.92 Å². The topological polar surface area (TPSA) is 29.5 Å². The van der Waals surface area contributed by atoms with Gasteiger partial charge in [0, 0.05) is 36.8 Å². The lowest BCUT2D eigenvalue weighted by Crippen LogP contribution is -2.39. The number of carbonyl (C=O) groups excluding carboxylic acids is 1. The zero-order valence-corrected chi connectivity index (χ0v) is 13.2. The molecule has 0 spiro atoms. The van der Waals surface area contributed by atoms with Crippen molar-refractivity contribution in [1.82, 2.24) is 4.90 Å². The molecule has 0 aromatic heterocycles. The Morgan fingerprint density at radius 1 is 1.47 bits per heavy atom. The Balaban J connectivity index is 1.99. The van der Waals surface area contributed by atoms with Gasteiger partial charge in [-0.2, -0.15) is 0 Å². The predicted octanol–water partition coefficient (Wildman–Crippen LogP) is 3.60. The summed E-state index contributed by atoms with van der Waals surface area (Å²) in [6, 6.07) is 5.30. The molecule has 0 unspecified atom stereocenters. The summed E-state index contributed by atoms with van der Waals surface area (Å²) < 4.78 is 5.92. The number of rotatable bonds is 3. The molecule has 0 atom stereocenters. The molecule has 1 aliphatic rings. The van der Waals surface area contributed by atoms with E-state index in [2.05, 4.69) is 15.9 Å². The van der Waals surface area contributed by atoms with E-state index in [-0.39, 0.29) is 5.91 Å². The molecule has 1 amide bonds. The molecule has 1 heterocycles. The average Bonchev–Trinajstić information content (AvgIpc) is 2.42. The lowest BCUT2D eigenvalue weighted by Gasteiger charge is -2.31. The van der Waals surface area contributed by atoms with Crippen LogP contribution < -0.4 is 0 Å². The van der Waals surface area contributed by atoms with Crippen molar-refractivity contribution in [3.63, 3.8) is 0 Å². The summed E-state index contributed by atoms with van der Waals surface area (Å²) >= 11 is 9.29. The number of hydrogen-bond donors (Lipinski definition) is 0. The zero-order chi connectivity index (χ0) is 13.8. The van der Waals surface area contributed by atoms with Crippen molar-refractivity contribution >= 4 is 33.4 Å². The highest BCUT2D eigenvalue weighted by Crippen LogP contribution is 2.25. The molecule has 1 fully saturated rings. The van der Waals surface area contributed by atoms with Crippen LogP contribution in [-0.4, -0.2) is 37.6 Å². The maximum atomic E-state index is 12.4. The number of amides is 1. The van der Waals surface area contributed by atoms with Gasteiger partial charge >= 0.3 is 0 Å². The van der Waals surface area contributed by atoms with Gasteiger partial charge in [0.15, 0.2) is 0 Å². The van der Waals surface area contributed by atoms with Gasteiger partial charge < -0.3 is 9.64 Å². The van der Waals surface area contributed by atoms with Gasteiger partial charge in [-0.05, 0) is 52.9 Å². The summed E-state index contributed by atoms with van der Waals surface area (Å²) in [4.78, 5) is 14.3. The molecule has 0 aliphatic carbocycles. The minimum absolute atomic E-state index is 0.0771. The van der Waals surface area contributed by atoms with E-state index in [0.29, 0.717) is 16.5 Å². The lowest BCUT2D eigenvalue weighted by molar-refractivity contribution is 0.0613. The van der Waals surface area contributed by atoms with Crippen LogP contribution in [0.25, 0.3) is 0 Å². The molecular formula is C14H17BrClNO2. The van der Waals surface area contributed by atoms with Crippen LogP contribution in [0.2, 0.25) is 5.02 Å². The molecule has 1 aromatic carbocycles. The van der Waals surface area contributed by atoms with Crippen molar-refractivity contribution in [2.24, 2.45) is 5.92 Å². The second-order valence-electron chi connectivity index (χ2n) is 4.82. The first-order chi connectivity index (χ1) is 9.11. The number of nitrogens with zero attached hydrogens (tertiary/aromatic N) is 1. The summed E-state index contributed by atoms with van der Waals surface area (Å²) in [7, 11) is 1.72. The fraction of sp³-hybridized carbons (Fsp3) is 0.500. The van der Waals surface area contributed by atoms with E-state index >= 15 is 0 Å². The van der Waals surface area contributed by atoms with E-state index in [0.717, 1.165) is 37.0 Å². The van der Waals surface area contributed by atoms with Gasteiger partial charge in [-0.3, -0.25) is 4.79 Å². The van der Waals surface area contributed by atoms with E-state index in [1.807, 2.05) is 4.90 Å². The van der Waals surface area contributed by atoms with E-state index in [1.54, 1.807) is 25.3 Å². The fourth-order valence-corrected chi connectivity index (χ4v) is 2.85. The van der Waals surface area contributed by atoms with Crippen LogP contribution in [0.5, 0.6) is 0 Å². The highest BCUT2D eigenvalue weighted by atomic mass is 79.9. The van der Waals surface area contributed by atoms with Gasteiger partial charge in [0.2, 0.25) is 0 Å². The molecule has 19 heavy (non-hydrogen) atoms. The minimum Gasteiger partial charge on any atom is -0.384 e. The Kier molecular flexibility index (Phi) is 5.25. The summed E-state index contributed by atoms with van der Waals surface area (Å²) in [5.74, 6) is 0.652. The number of hydrogen-bond acceptors (Lipinski definition) is 2. The molecule has 1 aromatic rings. The van der Waals surface area contributed by atoms with Crippen molar-refractivity contribution in [3.05, 3.63) is 33.3 Å². The van der Waals surface area contributed by atoms with E-state index in [9.17, 15) is 4.79 Å². The SMILES string of the molecule is COCC1CCN(C(=O)c2ccc(Cl)c(Br)c2)CC1. The molecule has 0 N–H and O–H groups in total. The standard InChI is InChI=1S/C14H17BrClNO2/c1-19-9-10-4-6-17(7-5-10)14(18)11-2-3-13(16)12(15)8-11/h2-3,8,10H,4-7,9H2,1H3. The molecule has 104 valence electrons. The number of methoxy groups -OCH3 is 1. The van der Waals surface area contributed by atoms with E-state index in [1.165, 1.54) is 0 Å². The Labute approximate surface area is 127 Å². The Bertz CT molecular complexity index is 459. The summed E-state index contributed by atoms with van der Waals surface area (Å²) in [5.41, 5.74) is 0.682. The van der Waals surface area contributed by atoms with Gasteiger partial charge in [-0.15, -0.1) is 0 Å². The van der Waals surface area contributed by atoms with Gasteiger partial charge in [-0.25, -0.2) is 0 Å². The van der Waals surface area contributed by atoms with Crippen LogP contribution in [0.15, 0.2) is 22.7 Å². The zero-order valence-electron chi connectivity index (χ0n) is 10.9. The van der Waals surface area contributed by atoms with Crippen LogP contribution in [0.4, 0.5) is 0 Å². The maximum Gasteiger partial charge on any atom is 0.253 e. The second-order valence-corrected chi connectivity index (χ2v) is 6.08. The van der Waals surface area contributed by atoms with Crippen LogP contribution in [0.3, 0.4) is 0 Å². The summed E-state index contributed by atoms with van der Waals surface area (Å²) in [6.45, 7) is 2.38. The van der Waals surface area contributed by atoms with Gasteiger partial charge in [-0.1, -0.05) is 11.6 Å². The number of carbonyl (C=O) groups is 1. The number of piperidine rings is 1. The number of likely N-dealkylation sites (tertiary alicyclic amines) is 1. The maximum absolute atomic E-state index is 12.4. The molecule has 0 bridgehead atoms. The first-order valence-electron chi connectivity index (χ1n) is 6.35. The van der Waals surface area contributed by atoms with Crippen molar-refractivity contribution in [2.75, 3.05) is 26.8 Å². The molecule has 0 saturated carbocycles. The van der Waals surface area contributed by atoms with E-state index in [4.69, 9.17) is 16.3 Å². The minimum atomic E-state index is 0.0771. The molecule has 5 heteroatoms. The molecular weight excluding hydrogens is 330 g/mol. The third kappa shape index (κ3) is 3.71. The van der Waals surface area contributed by atoms with Crippen LogP contribution in [0.1, 0.15) is 23.2 Å². The Morgan fingerprint density at radius 2 is 2.16 bits per heavy atom. The monoisotopic (exact) mass is 345 g/mol. The van der Waals surface area contributed by atoms with Crippen molar-refractivity contribution in [1.29, 1.82) is 0 Å². The second kappa shape index (κ2) is 6.73. The third-order valence-corrected chi connectivity index (χ3v) is 4.68. The number of ether oxygens (including phenoxy) is 1. The Morgan fingerprint density at radius 3 is 2.74 bits per heavy atom.